The van der Waals surface area contributed by atoms with Gasteiger partial charge in [-0.2, -0.15) is 4.98 Å². The Morgan fingerprint density at radius 2 is 1.86 bits per heavy atom. The molecule has 2 atom stereocenters. The molecule has 0 bridgehead atoms. The van der Waals surface area contributed by atoms with Crippen LogP contribution in [0.15, 0.2) is 58.4 Å². The molecule has 0 amide bonds. The van der Waals surface area contributed by atoms with E-state index in [2.05, 4.69) is 25.0 Å². The first-order valence-electron chi connectivity index (χ1n) is 14.2. The van der Waals surface area contributed by atoms with Crippen LogP contribution in [0.4, 0.5) is 17.6 Å². The zero-order valence-electron chi connectivity index (χ0n) is 24.4. The van der Waals surface area contributed by atoms with Crippen LogP contribution in [0.25, 0.3) is 28.0 Å². The monoisotopic (exact) mass is 616 g/mol. The first-order valence-corrected chi connectivity index (χ1v) is 14.2. The van der Waals surface area contributed by atoms with Gasteiger partial charge in [-0.1, -0.05) is 12.1 Å². The summed E-state index contributed by atoms with van der Waals surface area (Å²) < 4.78 is 59.9. The molecule has 0 fully saturated rings. The number of fused-ring (bicyclic) bond motifs is 1. The van der Waals surface area contributed by atoms with E-state index in [9.17, 15) is 18.0 Å². The van der Waals surface area contributed by atoms with Crippen LogP contribution in [-0.4, -0.2) is 46.0 Å². The number of hydrogen-bond donors (Lipinski definition) is 5. The third-order valence-corrected chi connectivity index (χ3v) is 7.00. The van der Waals surface area contributed by atoms with E-state index < -0.39 is 23.6 Å². The topological polar surface area (TPSA) is 162 Å². The Labute approximate surface area is 251 Å². The Balaban J connectivity index is 1.60. The normalized spacial score (nSPS) is 13.2. The summed E-state index contributed by atoms with van der Waals surface area (Å²) >= 11 is 0. The number of aryl methyl sites for hydroxylation is 1. The van der Waals surface area contributed by atoms with E-state index in [1.54, 1.807) is 18.3 Å². The number of aromatic nitrogens is 3. The summed E-state index contributed by atoms with van der Waals surface area (Å²) in [5, 5.41) is 3.84. The van der Waals surface area contributed by atoms with Crippen LogP contribution in [-0.2, 0) is 6.42 Å². The molecule has 0 aliphatic rings. The SMILES string of the molecule is C[C@H](N)CCCc1cc(OC(F)(F)F)c(F)c(-c2cc3cn(-c4ccc([C@@H](C)NCCCN=C(N)N)cc4)c(=O)nc3[nH]2)c1. The molecular formula is C30H36F4N8O2. The molecule has 2 aromatic heterocycles. The number of alkyl halides is 3. The average Bonchev–Trinajstić information content (AvgIpc) is 3.35. The Morgan fingerprint density at radius 3 is 2.52 bits per heavy atom. The van der Waals surface area contributed by atoms with Crippen molar-refractivity contribution in [2.45, 2.75) is 58.0 Å². The molecule has 0 saturated heterocycles. The average molecular weight is 617 g/mol. The van der Waals surface area contributed by atoms with Gasteiger partial charge in [0.2, 0.25) is 0 Å². The fourth-order valence-corrected chi connectivity index (χ4v) is 4.79. The van der Waals surface area contributed by atoms with Crippen LogP contribution in [0, 0.1) is 5.82 Å². The summed E-state index contributed by atoms with van der Waals surface area (Å²) in [6.45, 7) is 5.06. The highest BCUT2D eigenvalue weighted by Gasteiger charge is 2.33. The van der Waals surface area contributed by atoms with Gasteiger partial charge in [-0.15, -0.1) is 13.2 Å². The molecule has 0 aliphatic carbocycles. The summed E-state index contributed by atoms with van der Waals surface area (Å²) in [4.78, 5) is 23.8. The number of aliphatic imine (C=N–C) groups is 1. The second-order valence-corrected chi connectivity index (χ2v) is 10.7. The van der Waals surface area contributed by atoms with E-state index >= 15 is 4.39 Å². The highest BCUT2D eigenvalue weighted by Crippen LogP contribution is 2.35. The van der Waals surface area contributed by atoms with Gasteiger partial charge in [0, 0.05) is 35.8 Å². The maximum atomic E-state index is 15.3. The number of ether oxygens (including phenoxy) is 1. The van der Waals surface area contributed by atoms with Crippen molar-refractivity contribution in [3.8, 4) is 22.7 Å². The molecule has 0 aliphatic heterocycles. The number of aromatic amines is 1. The van der Waals surface area contributed by atoms with Crippen molar-refractivity contribution in [2.24, 2.45) is 22.2 Å². The maximum Gasteiger partial charge on any atom is 0.573 e. The molecule has 0 saturated carbocycles. The van der Waals surface area contributed by atoms with Crippen molar-refractivity contribution < 1.29 is 22.3 Å². The predicted molar refractivity (Wildman–Crippen MR) is 162 cm³/mol. The van der Waals surface area contributed by atoms with Crippen molar-refractivity contribution >= 4 is 17.0 Å². The highest BCUT2D eigenvalue weighted by atomic mass is 19.4. The van der Waals surface area contributed by atoms with Gasteiger partial charge in [0.15, 0.2) is 17.5 Å². The Kier molecular flexibility index (Phi) is 10.3. The zero-order valence-corrected chi connectivity index (χ0v) is 24.4. The van der Waals surface area contributed by atoms with E-state index in [1.165, 1.54) is 16.7 Å². The molecule has 10 nitrogen and oxygen atoms in total. The number of guanidine groups is 1. The van der Waals surface area contributed by atoms with E-state index in [-0.39, 0.29) is 34.9 Å². The molecule has 2 aromatic carbocycles. The van der Waals surface area contributed by atoms with Crippen LogP contribution >= 0.6 is 0 Å². The van der Waals surface area contributed by atoms with Crippen molar-refractivity contribution in [1.82, 2.24) is 19.9 Å². The van der Waals surface area contributed by atoms with Crippen LogP contribution in [0.5, 0.6) is 5.75 Å². The van der Waals surface area contributed by atoms with Gasteiger partial charge < -0.3 is 32.2 Å². The lowest BCUT2D eigenvalue weighted by molar-refractivity contribution is -0.275. The first kappa shape index (κ1) is 32.5. The molecule has 44 heavy (non-hydrogen) atoms. The molecule has 8 N–H and O–H groups in total. The van der Waals surface area contributed by atoms with Gasteiger partial charge in [0.1, 0.15) is 5.65 Å². The predicted octanol–water partition coefficient (Wildman–Crippen LogP) is 4.40. The van der Waals surface area contributed by atoms with Gasteiger partial charge in [-0.25, -0.2) is 9.18 Å². The fourth-order valence-electron chi connectivity index (χ4n) is 4.79. The number of benzene rings is 2. The number of nitrogens with two attached hydrogens (primary N) is 3. The first-order chi connectivity index (χ1) is 20.8. The van der Waals surface area contributed by atoms with Crippen molar-refractivity contribution in [3.05, 3.63) is 76.1 Å². The molecule has 0 spiro atoms. The molecule has 0 radical (unpaired) electrons. The summed E-state index contributed by atoms with van der Waals surface area (Å²) in [5.41, 5.74) is 18.1. The highest BCUT2D eigenvalue weighted by molar-refractivity contribution is 5.83. The van der Waals surface area contributed by atoms with E-state index in [0.717, 1.165) is 18.1 Å². The molecule has 14 heteroatoms. The number of hydrogen-bond acceptors (Lipinski definition) is 6. The third kappa shape index (κ3) is 8.57. The molecule has 2 heterocycles. The van der Waals surface area contributed by atoms with Crippen molar-refractivity contribution in [3.63, 3.8) is 0 Å². The number of nitrogens with zero attached hydrogens (tertiary/aromatic N) is 3. The Bertz CT molecular complexity index is 1660. The lowest BCUT2D eigenvalue weighted by Crippen LogP contribution is -2.24. The molecular weight excluding hydrogens is 580 g/mol. The van der Waals surface area contributed by atoms with Crippen molar-refractivity contribution in [2.75, 3.05) is 13.1 Å². The molecule has 4 rings (SSSR count). The number of H-pyrrole nitrogens is 1. The number of nitrogens with one attached hydrogen (secondary N) is 2. The van der Waals surface area contributed by atoms with Crippen LogP contribution in [0.1, 0.15) is 50.3 Å². The van der Waals surface area contributed by atoms with Gasteiger partial charge in [0.25, 0.3) is 0 Å². The second kappa shape index (κ2) is 13.9. The summed E-state index contributed by atoms with van der Waals surface area (Å²) in [7, 11) is 0. The lowest BCUT2D eigenvalue weighted by Gasteiger charge is -2.15. The summed E-state index contributed by atoms with van der Waals surface area (Å²) in [5.74, 6) is -2.06. The number of rotatable bonds is 13. The van der Waals surface area contributed by atoms with Gasteiger partial charge in [-0.05, 0) is 87.5 Å². The minimum absolute atomic E-state index is 0.0309. The zero-order chi connectivity index (χ0) is 32.0. The smallest absolute Gasteiger partial charge is 0.403 e. The van der Waals surface area contributed by atoms with Gasteiger partial charge in [0.05, 0.1) is 11.4 Å². The molecule has 0 unspecified atom stereocenters. The summed E-state index contributed by atoms with van der Waals surface area (Å²) in [6.07, 6.45) is -1.17. The van der Waals surface area contributed by atoms with E-state index in [1.807, 2.05) is 26.0 Å². The van der Waals surface area contributed by atoms with Gasteiger partial charge in [-0.3, -0.25) is 9.56 Å². The van der Waals surface area contributed by atoms with Crippen LogP contribution < -0.4 is 32.9 Å². The van der Waals surface area contributed by atoms with E-state index in [4.69, 9.17) is 17.2 Å². The largest absolute Gasteiger partial charge is 0.573 e. The van der Waals surface area contributed by atoms with Gasteiger partial charge >= 0.3 is 12.1 Å². The molecule has 4 aromatic rings. The van der Waals surface area contributed by atoms with E-state index in [0.29, 0.717) is 49.0 Å². The quantitative estimate of drug-likeness (QED) is 0.0644. The lowest BCUT2D eigenvalue weighted by atomic mass is 10.0. The minimum atomic E-state index is -5.08. The second-order valence-electron chi connectivity index (χ2n) is 10.7. The summed E-state index contributed by atoms with van der Waals surface area (Å²) in [6, 6.07) is 11.3. The van der Waals surface area contributed by atoms with Crippen LogP contribution in [0.3, 0.4) is 0 Å². The maximum absolute atomic E-state index is 15.3. The Hall–Kier alpha value is -4.43. The fraction of sp³-hybridized carbons (Fsp3) is 0.367. The third-order valence-electron chi connectivity index (χ3n) is 7.00. The van der Waals surface area contributed by atoms with Crippen LogP contribution in [0.2, 0.25) is 0 Å². The molecule has 236 valence electrons. The van der Waals surface area contributed by atoms with Crippen molar-refractivity contribution in [1.29, 1.82) is 0 Å². The number of halogens is 4. The standard InChI is InChI=1S/C30H36F4N8O2/c1-17(35)5-3-6-19-13-23(26(31)25(14-19)44-30(32,33)34)24-15-21-16-42(29(43)41-27(21)40-24)22-9-7-20(8-10-22)18(2)38-11-4-12-39-28(36)37/h7-10,13-18,38H,3-6,11-12,35H2,1-2H3,(H4,36,37,39)(H,40,41,43)/t17-,18+/m0/s1. The minimum Gasteiger partial charge on any atom is -0.403 e. The Morgan fingerprint density at radius 1 is 1.14 bits per heavy atom.